The fourth-order valence-corrected chi connectivity index (χ4v) is 2.19. The smallest absolute Gasteiger partial charge is 0.277 e. The number of nitrogens with two attached hydrogens (primary N) is 1. The van der Waals surface area contributed by atoms with Crippen LogP contribution in [0.5, 0.6) is 0 Å². The first-order valence-electron chi connectivity index (χ1n) is 6.32. The molecule has 2 heterocycles. The van der Waals surface area contributed by atoms with Crippen LogP contribution in [0.2, 0.25) is 0 Å². The lowest BCUT2D eigenvalue weighted by Crippen LogP contribution is -2.42. The van der Waals surface area contributed by atoms with Crippen LogP contribution in [-0.2, 0) is 4.79 Å². The molecule has 3 rings (SSSR count). The van der Waals surface area contributed by atoms with Crippen LogP contribution in [0, 0.1) is 0 Å². The summed E-state index contributed by atoms with van der Waals surface area (Å²) in [6.07, 6.45) is 1.48. The Labute approximate surface area is 120 Å². The first-order valence-corrected chi connectivity index (χ1v) is 6.32. The number of benzene rings is 1. The molecule has 0 bridgehead atoms. The van der Waals surface area contributed by atoms with E-state index in [4.69, 9.17) is 5.84 Å². The lowest BCUT2D eigenvalue weighted by molar-refractivity contribution is -0.115. The lowest BCUT2D eigenvalue weighted by Gasteiger charge is -2.28. The molecular weight excluding hydrogens is 270 g/mol. The van der Waals surface area contributed by atoms with Gasteiger partial charge in [0.05, 0.1) is 17.1 Å². The molecule has 0 saturated heterocycles. The number of hydrazine groups is 1. The standard InChI is InChI=1S/C14H13N5O2/c15-18-9-5-6-16-11(7-9)14(21)19-8-13(20)17-10-3-1-2-4-12(10)19/h1-7H,8,15H2,(H,16,18)(H,17,20). The van der Waals surface area contributed by atoms with E-state index in [0.717, 1.165) is 0 Å². The minimum absolute atomic E-state index is 0.0438. The molecule has 7 heteroatoms. The molecule has 7 nitrogen and oxygen atoms in total. The number of anilines is 3. The van der Waals surface area contributed by atoms with Crippen molar-refractivity contribution in [3.05, 3.63) is 48.3 Å². The van der Waals surface area contributed by atoms with E-state index in [1.54, 1.807) is 24.3 Å². The number of pyridine rings is 1. The topological polar surface area (TPSA) is 100 Å². The fourth-order valence-electron chi connectivity index (χ4n) is 2.19. The van der Waals surface area contributed by atoms with E-state index in [1.807, 2.05) is 6.07 Å². The third kappa shape index (κ3) is 2.41. The zero-order valence-electron chi connectivity index (χ0n) is 11.0. The average Bonchev–Trinajstić information content (AvgIpc) is 2.53. The molecule has 0 fully saturated rings. The lowest BCUT2D eigenvalue weighted by atomic mass is 10.1. The third-order valence-electron chi connectivity index (χ3n) is 3.16. The van der Waals surface area contributed by atoms with E-state index in [-0.39, 0.29) is 24.1 Å². The van der Waals surface area contributed by atoms with Crippen LogP contribution in [0.15, 0.2) is 42.6 Å². The van der Waals surface area contributed by atoms with Crippen LogP contribution in [0.3, 0.4) is 0 Å². The molecule has 0 spiro atoms. The van der Waals surface area contributed by atoms with Crippen molar-refractivity contribution in [2.75, 3.05) is 22.2 Å². The predicted molar refractivity (Wildman–Crippen MR) is 78.8 cm³/mol. The number of aromatic nitrogens is 1. The summed E-state index contributed by atoms with van der Waals surface area (Å²) in [5, 5.41) is 2.73. The third-order valence-corrected chi connectivity index (χ3v) is 3.16. The Hall–Kier alpha value is -2.93. The highest BCUT2D eigenvalue weighted by Crippen LogP contribution is 2.29. The van der Waals surface area contributed by atoms with Crippen LogP contribution in [-0.4, -0.2) is 23.3 Å². The highest BCUT2D eigenvalue weighted by molar-refractivity contribution is 6.14. The van der Waals surface area contributed by atoms with E-state index < -0.39 is 0 Å². The largest absolute Gasteiger partial charge is 0.324 e. The number of nitrogen functional groups attached to an aromatic ring is 1. The Morgan fingerprint density at radius 2 is 2.14 bits per heavy atom. The van der Waals surface area contributed by atoms with Crippen LogP contribution >= 0.6 is 0 Å². The molecule has 2 amide bonds. The van der Waals surface area contributed by atoms with E-state index in [9.17, 15) is 9.59 Å². The molecule has 0 atom stereocenters. The molecule has 4 N–H and O–H groups in total. The zero-order chi connectivity index (χ0) is 14.8. The second-order valence-corrected chi connectivity index (χ2v) is 4.53. The van der Waals surface area contributed by atoms with Gasteiger partial charge in [-0.25, -0.2) is 0 Å². The van der Waals surface area contributed by atoms with E-state index in [1.165, 1.54) is 17.2 Å². The van der Waals surface area contributed by atoms with Crippen molar-refractivity contribution in [2.45, 2.75) is 0 Å². The summed E-state index contributed by atoms with van der Waals surface area (Å²) in [7, 11) is 0. The number of nitrogens with one attached hydrogen (secondary N) is 2. The summed E-state index contributed by atoms with van der Waals surface area (Å²) < 4.78 is 0. The van der Waals surface area contributed by atoms with Gasteiger partial charge in [-0.1, -0.05) is 12.1 Å². The number of hydrogen-bond acceptors (Lipinski definition) is 5. The number of hydrogen-bond donors (Lipinski definition) is 3. The average molecular weight is 283 g/mol. The van der Waals surface area contributed by atoms with Gasteiger partial charge in [-0.2, -0.15) is 0 Å². The predicted octanol–water partition coefficient (Wildman–Crippen LogP) is 0.966. The molecular formula is C14H13N5O2. The molecule has 0 radical (unpaired) electrons. The van der Waals surface area contributed by atoms with Gasteiger partial charge in [0.15, 0.2) is 0 Å². The summed E-state index contributed by atoms with van der Waals surface area (Å²) in [5.74, 6) is 4.74. The highest BCUT2D eigenvalue weighted by atomic mass is 16.2. The van der Waals surface area contributed by atoms with Gasteiger partial charge in [0.2, 0.25) is 5.91 Å². The van der Waals surface area contributed by atoms with Crippen molar-refractivity contribution in [3.8, 4) is 0 Å². The molecule has 1 aromatic carbocycles. The Balaban J connectivity index is 1.99. The maximum absolute atomic E-state index is 12.6. The van der Waals surface area contributed by atoms with Crippen molar-refractivity contribution >= 4 is 28.9 Å². The van der Waals surface area contributed by atoms with Gasteiger partial charge in [-0.05, 0) is 24.3 Å². The maximum atomic E-state index is 12.6. The van der Waals surface area contributed by atoms with E-state index >= 15 is 0 Å². The van der Waals surface area contributed by atoms with E-state index in [2.05, 4.69) is 15.7 Å². The van der Waals surface area contributed by atoms with Crippen LogP contribution in [0.1, 0.15) is 10.5 Å². The highest BCUT2D eigenvalue weighted by Gasteiger charge is 2.28. The quantitative estimate of drug-likeness (QED) is 0.563. The molecule has 0 aliphatic carbocycles. The van der Waals surface area contributed by atoms with Crippen molar-refractivity contribution in [2.24, 2.45) is 5.84 Å². The van der Waals surface area contributed by atoms with Crippen LogP contribution in [0.4, 0.5) is 17.1 Å². The molecule has 21 heavy (non-hydrogen) atoms. The summed E-state index contributed by atoms with van der Waals surface area (Å²) in [5.41, 5.74) is 4.51. The van der Waals surface area contributed by atoms with Gasteiger partial charge < -0.3 is 10.7 Å². The van der Waals surface area contributed by atoms with E-state index in [0.29, 0.717) is 17.1 Å². The molecule has 1 aliphatic rings. The number of carbonyl (C=O) groups excluding carboxylic acids is 2. The first-order chi connectivity index (χ1) is 10.2. The zero-order valence-corrected chi connectivity index (χ0v) is 11.0. The van der Waals surface area contributed by atoms with Crippen molar-refractivity contribution in [1.29, 1.82) is 0 Å². The summed E-state index contributed by atoms with van der Waals surface area (Å²) in [6, 6.07) is 10.3. The Kier molecular flexibility index (Phi) is 3.25. The summed E-state index contributed by atoms with van der Waals surface area (Å²) >= 11 is 0. The Bertz CT molecular complexity index is 716. The number of nitrogens with zero attached hydrogens (tertiary/aromatic N) is 2. The molecule has 0 unspecified atom stereocenters. The van der Waals surface area contributed by atoms with Gasteiger partial charge in [0, 0.05) is 6.20 Å². The summed E-state index contributed by atoms with van der Waals surface area (Å²) in [6.45, 7) is -0.0438. The normalized spacial score (nSPS) is 13.4. The maximum Gasteiger partial charge on any atom is 0.277 e. The molecule has 106 valence electrons. The Morgan fingerprint density at radius 3 is 2.95 bits per heavy atom. The monoisotopic (exact) mass is 283 g/mol. The van der Waals surface area contributed by atoms with Crippen molar-refractivity contribution < 1.29 is 9.59 Å². The van der Waals surface area contributed by atoms with Crippen molar-refractivity contribution in [1.82, 2.24) is 4.98 Å². The molecule has 0 saturated carbocycles. The SMILES string of the molecule is NNc1ccnc(C(=O)N2CC(=O)Nc3ccccc32)c1. The van der Waals surface area contributed by atoms with Gasteiger partial charge in [-0.3, -0.25) is 25.3 Å². The molecule has 1 aromatic heterocycles. The number of carbonyl (C=O) groups is 2. The minimum atomic E-state index is -0.352. The fraction of sp³-hybridized carbons (Fsp3) is 0.0714. The summed E-state index contributed by atoms with van der Waals surface area (Å²) in [4.78, 5) is 29.8. The van der Waals surface area contributed by atoms with Crippen molar-refractivity contribution in [3.63, 3.8) is 0 Å². The number of para-hydroxylation sites is 2. The number of rotatable bonds is 2. The van der Waals surface area contributed by atoms with Crippen LogP contribution in [0.25, 0.3) is 0 Å². The second-order valence-electron chi connectivity index (χ2n) is 4.53. The van der Waals surface area contributed by atoms with Gasteiger partial charge in [0.25, 0.3) is 5.91 Å². The number of amides is 2. The molecule has 2 aromatic rings. The van der Waals surface area contributed by atoms with Crippen LogP contribution < -0.4 is 21.5 Å². The second kappa shape index (κ2) is 5.22. The molecule has 1 aliphatic heterocycles. The number of fused-ring (bicyclic) bond motifs is 1. The van der Waals surface area contributed by atoms with Gasteiger partial charge >= 0.3 is 0 Å². The van der Waals surface area contributed by atoms with Gasteiger partial charge in [0.1, 0.15) is 12.2 Å². The Morgan fingerprint density at radius 1 is 1.33 bits per heavy atom. The van der Waals surface area contributed by atoms with Gasteiger partial charge in [-0.15, -0.1) is 0 Å². The minimum Gasteiger partial charge on any atom is -0.324 e. The first kappa shape index (κ1) is 13.1.